The van der Waals surface area contributed by atoms with Crippen molar-refractivity contribution < 1.29 is 47.9 Å². The third-order valence-electron chi connectivity index (χ3n) is 13.2. The van der Waals surface area contributed by atoms with Crippen LogP contribution in [0.1, 0.15) is 81.8 Å². The molecular weight excluding hydrogens is 881 g/mol. The molecule has 0 bridgehead atoms. The first-order valence-corrected chi connectivity index (χ1v) is 23.7. The molecule has 9 rings (SSSR count). The highest BCUT2D eigenvalue weighted by Crippen LogP contribution is 2.36. The summed E-state index contributed by atoms with van der Waals surface area (Å²) in [5.74, 6) is 0.468. The average molecular weight is 943 g/mol. The van der Waals surface area contributed by atoms with Gasteiger partial charge in [0.1, 0.15) is 58.6 Å². The number of nitrogens with zero attached hydrogens (tertiary/aromatic N) is 6. The summed E-state index contributed by atoms with van der Waals surface area (Å²) in [4.78, 5) is 37.1. The van der Waals surface area contributed by atoms with Crippen molar-refractivity contribution in [2.45, 2.75) is 57.5 Å². The van der Waals surface area contributed by atoms with Gasteiger partial charge in [-0.1, -0.05) is 6.07 Å². The zero-order valence-corrected chi connectivity index (χ0v) is 39.6. The van der Waals surface area contributed by atoms with Crippen LogP contribution in [0.25, 0.3) is 22.1 Å². The summed E-state index contributed by atoms with van der Waals surface area (Å²) in [6, 6.07) is 20.1. The van der Waals surface area contributed by atoms with E-state index < -0.39 is 11.9 Å². The fourth-order valence-electron chi connectivity index (χ4n) is 9.57. The number of pyridine rings is 2. The van der Waals surface area contributed by atoms with Crippen LogP contribution >= 0.6 is 0 Å². The first-order valence-electron chi connectivity index (χ1n) is 23.7. The molecule has 0 unspecified atom stereocenters. The number of likely N-dealkylation sites (tertiary alicyclic amines) is 2. The number of benzene rings is 2. The van der Waals surface area contributed by atoms with Gasteiger partial charge in [-0.25, -0.2) is 19.6 Å². The number of aromatic nitrogens is 4. The zero-order chi connectivity index (χ0) is 48.1. The lowest BCUT2D eigenvalue weighted by Gasteiger charge is -2.31. The van der Waals surface area contributed by atoms with Crippen molar-refractivity contribution in [3.63, 3.8) is 0 Å². The Bertz CT molecular complexity index is 2770. The van der Waals surface area contributed by atoms with Crippen LogP contribution in [-0.2, 0) is 17.8 Å². The van der Waals surface area contributed by atoms with E-state index in [0.29, 0.717) is 54.7 Å². The minimum atomic E-state index is -1.05. The van der Waals surface area contributed by atoms with E-state index in [4.69, 9.17) is 28.1 Å². The summed E-state index contributed by atoms with van der Waals surface area (Å²) in [6.07, 6.45) is 15.9. The van der Waals surface area contributed by atoms with Crippen molar-refractivity contribution in [1.82, 2.24) is 28.9 Å². The van der Waals surface area contributed by atoms with E-state index >= 15 is 0 Å². The normalized spacial score (nSPS) is 14.9. The highest BCUT2D eigenvalue weighted by atomic mass is 16.5. The van der Waals surface area contributed by atoms with Crippen LogP contribution < -0.4 is 18.9 Å². The standard InChI is InChI=1S/C27H29N3O5.C26H33N3O5/c1-33-21-4-5-23(27(31)32)25(15-21)35-14-12-29-10-6-20(7-11-29)24-17-30(16-19-8-13-34-18-19)26-22(24)3-2-9-28-26;1-3-33-16-15-29-18-21(20-6-5-11-27-25(20)29)19-9-12-28(13-10-19)14-17-34-23-8-4-7-22(32-2)24(23)26(30)31/h2-5,8-9,13,15,17-18,20H,6-7,10-12,14,16H2,1H3,(H,31,32);4-8,11,18-19H,3,9-10,12-17H2,1-2H3,(H,30,31). The molecule has 0 amide bonds. The lowest BCUT2D eigenvalue weighted by atomic mass is 9.89. The number of carboxylic acid groups (broad SMARTS) is 2. The number of hydrogen-bond acceptors (Lipinski definition) is 12. The van der Waals surface area contributed by atoms with Gasteiger partial charge in [0.2, 0.25) is 0 Å². The lowest BCUT2D eigenvalue weighted by molar-refractivity contribution is 0.0677. The maximum atomic E-state index is 11.6. The number of rotatable bonds is 20. The second-order valence-corrected chi connectivity index (χ2v) is 17.3. The SMILES string of the molecule is CCOCCn1cc(C2CCN(CCOc3cccc(OC)c3C(=O)O)CC2)c2cccnc21.COc1ccc(C(=O)O)c(OCCN2CCC(c3cn(Cc4ccoc4)c4ncccc34)CC2)c1. The Hall–Kier alpha value is -6.88. The van der Waals surface area contributed by atoms with Gasteiger partial charge in [0.25, 0.3) is 0 Å². The summed E-state index contributed by atoms with van der Waals surface area (Å²) >= 11 is 0. The molecule has 7 aromatic rings. The topological polar surface area (TPSA) is 176 Å². The van der Waals surface area contributed by atoms with Gasteiger partial charge in [-0.3, -0.25) is 9.80 Å². The summed E-state index contributed by atoms with van der Waals surface area (Å²) in [6.45, 7) is 11.2. The van der Waals surface area contributed by atoms with Gasteiger partial charge in [-0.05, 0) is 136 Å². The van der Waals surface area contributed by atoms with Gasteiger partial charge in [0, 0.05) is 73.4 Å². The third-order valence-corrected chi connectivity index (χ3v) is 13.2. The van der Waals surface area contributed by atoms with Crippen molar-refractivity contribution in [1.29, 1.82) is 0 Å². The molecule has 2 fully saturated rings. The Morgan fingerprint density at radius 2 is 1.29 bits per heavy atom. The highest BCUT2D eigenvalue weighted by Gasteiger charge is 2.27. The van der Waals surface area contributed by atoms with Gasteiger partial charge in [0.15, 0.2) is 0 Å². The summed E-state index contributed by atoms with van der Waals surface area (Å²) < 4.78 is 37.3. The Labute approximate surface area is 401 Å². The van der Waals surface area contributed by atoms with Crippen LogP contribution in [0, 0.1) is 0 Å². The van der Waals surface area contributed by atoms with Gasteiger partial charge >= 0.3 is 11.9 Å². The molecule has 69 heavy (non-hydrogen) atoms. The molecule has 0 atom stereocenters. The lowest BCUT2D eigenvalue weighted by Crippen LogP contribution is -2.35. The number of carbonyl (C=O) groups is 2. The van der Waals surface area contributed by atoms with Crippen molar-refractivity contribution in [2.24, 2.45) is 0 Å². The monoisotopic (exact) mass is 942 g/mol. The number of aromatic carboxylic acids is 2. The first kappa shape index (κ1) is 48.6. The Kier molecular flexibility index (Phi) is 16.5. The van der Waals surface area contributed by atoms with Gasteiger partial charge in [-0.2, -0.15) is 0 Å². The van der Waals surface area contributed by atoms with E-state index in [1.807, 2.05) is 37.5 Å². The molecule has 2 aromatic carbocycles. The number of methoxy groups -OCH3 is 2. The molecule has 0 aliphatic carbocycles. The molecule has 0 spiro atoms. The molecular formula is C53H62N6O10. The summed E-state index contributed by atoms with van der Waals surface area (Å²) in [7, 11) is 3.01. The molecule has 16 heteroatoms. The number of piperidine rings is 2. The molecule has 2 N–H and O–H groups in total. The Balaban J connectivity index is 0.000000186. The van der Waals surface area contributed by atoms with Crippen molar-refractivity contribution in [2.75, 3.05) is 79.9 Å². The predicted octanol–water partition coefficient (Wildman–Crippen LogP) is 8.68. The molecule has 0 radical (unpaired) electrons. The average Bonchev–Trinajstić information content (AvgIpc) is 4.13. The largest absolute Gasteiger partial charge is 0.497 e. The van der Waals surface area contributed by atoms with E-state index in [9.17, 15) is 19.8 Å². The number of ether oxygens (including phenoxy) is 5. The number of furan rings is 1. The Morgan fingerprint density at radius 3 is 1.86 bits per heavy atom. The zero-order valence-electron chi connectivity index (χ0n) is 39.6. The third kappa shape index (κ3) is 11.9. The van der Waals surface area contributed by atoms with Gasteiger partial charge in [-0.15, -0.1) is 0 Å². The van der Waals surface area contributed by atoms with Crippen LogP contribution in [0.5, 0.6) is 23.0 Å². The minimum absolute atomic E-state index is 0.0676. The summed E-state index contributed by atoms with van der Waals surface area (Å²) in [5, 5.41) is 21.4. The second-order valence-electron chi connectivity index (χ2n) is 17.3. The maximum Gasteiger partial charge on any atom is 0.343 e. The predicted molar refractivity (Wildman–Crippen MR) is 261 cm³/mol. The molecule has 0 saturated carbocycles. The first-order chi connectivity index (χ1) is 33.7. The smallest absolute Gasteiger partial charge is 0.343 e. The summed E-state index contributed by atoms with van der Waals surface area (Å²) in [5.41, 5.74) is 6.10. The molecule has 16 nitrogen and oxygen atoms in total. The quantitative estimate of drug-likeness (QED) is 0.0694. The molecule has 2 saturated heterocycles. The molecule has 2 aliphatic rings. The highest BCUT2D eigenvalue weighted by molar-refractivity contribution is 5.94. The number of hydrogen-bond donors (Lipinski definition) is 2. The van der Waals surface area contributed by atoms with E-state index in [1.165, 1.54) is 35.1 Å². The van der Waals surface area contributed by atoms with E-state index in [0.717, 1.165) is 102 Å². The van der Waals surface area contributed by atoms with Crippen LogP contribution in [0.3, 0.4) is 0 Å². The van der Waals surface area contributed by atoms with Gasteiger partial charge in [0.05, 0.1) is 39.9 Å². The van der Waals surface area contributed by atoms with Crippen LogP contribution in [0.4, 0.5) is 0 Å². The van der Waals surface area contributed by atoms with Crippen LogP contribution in [0.15, 0.2) is 108 Å². The van der Waals surface area contributed by atoms with Gasteiger partial charge < -0.3 is 47.4 Å². The maximum absolute atomic E-state index is 11.6. The molecule has 5 aromatic heterocycles. The number of fused-ring (bicyclic) bond motifs is 2. The fraction of sp³-hybridized carbons (Fsp3) is 0.396. The van der Waals surface area contributed by atoms with E-state index in [1.54, 1.807) is 50.0 Å². The molecule has 364 valence electrons. The van der Waals surface area contributed by atoms with E-state index in [2.05, 4.69) is 53.4 Å². The van der Waals surface area contributed by atoms with Crippen molar-refractivity contribution in [3.8, 4) is 23.0 Å². The molecule has 7 heterocycles. The number of carboxylic acids is 2. The van der Waals surface area contributed by atoms with E-state index in [-0.39, 0.29) is 11.1 Å². The fourth-order valence-corrected chi connectivity index (χ4v) is 9.57. The van der Waals surface area contributed by atoms with Crippen LogP contribution in [0.2, 0.25) is 0 Å². The Morgan fingerprint density at radius 1 is 0.681 bits per heavy atom. The van der Waals surface area contributed by atoms with Crippen molar-refractivity contribution in [3.05, 3.63) is 132 Å². The minimum Gasteiger partial charge on any atom is -0.497 e. The molecule has 2 aliphatic heterocycles. The second kappa shape index (κ2) is 23.4. The van der Waals surface area contributed by atoms with Crippen molar-refractivity contribution >= 4 is 34.0 Å². The van der Waals surface area contributed by atoms with Crippen LogP contribution in [-0.4, -0.2) is 131 Å².